The van der Waals surface area contributed by atoms with E-state index >= 15 is 0 Å². The lowest BCUT2D eigenvalue weighted by Crippen LogP contribution is -2.49. The molecule has 1 saturated heterocycles. The molecular weight excluding hydrogens is 220 g/mol. The van der Waals surface area contributed by atoms with Gasteiger partial charge in [-0.3, -0.25) is 9.69 Å². The van der Waals surface area contributed by atoms with Gasteiger partial charge in [0.25, 0.3) is 0 Å². The highest BCUT2D eigenvalue weighted by Gasteiger charge is 2.29. The van der Waals surface area contributed by atoms with Gasteiger partial charge in [-0.2, -0.15) is 0 Å². The summed E-state index contributed by atoms with van der Waals surface area (Å²) in [5, 5.41) is 9.18. The molecular formula is C12H24N2O3. The number of piperidine rings is 1. The molecule has 0 spiro atoms. The fourth-order valence-electron chi connectivity index (χ4n) is 2.29. The topological polar surface area (TPSA) is 75.8 Å². The summed E-state index contributed by atoms with van der Waals surface area (Å²) in [5.41, 5.74) is 5.47. The van der Waals surface area contributed by atoms with Crippen LogP contribution in [0.4, 0.5) is 0 Å². The Labute approximate surface area is 103 Å². The van der Waals surface area contributed by atoms with Crippen molar-refractivity contribution in [2.75, 3.05) is 26.2 Å². The van der Waals surface area contributed by atoms with Crippen molar-refractivity contribution in [2.24, 2.45) is 5.73 Å². The van der Waals surface area contributed by atoms with Crippen molar-refractivity contribution < 1.29 is 14.6 Å². The van der Waals surface area contributed by atoms with Gasteiger partial charge in [0.05, 0.1) is 6.10 Å². The zero-order chi connectivity index (χ0) is 12.7. The van der Waals surface area contributed by atoms with Crippen LogP contribution in [0.1, 0.15) is 32.6 Å². The number of hydrogen-bond acceptors (Lipinski definition) is 4. The quantitative estimate of drug-likeness (QED) is 0.688. The highest BCUT2D eigenvalue weighted by atomic mass is 16.5. The van der Waals surface area contributed by atoms with E-state index in [0.717, 1.165) is 39.0 Å². The molecule has 1 fully saturated rings. The molecule has 0 aromatic heterocycles. The van der Waals surface area contributed by atoms with Crippen molar-refractivity contribution in [1.82, 2.24) is 4.90 Å². The van der Waals surface area contributed by atoms with E-state index in [1.165, 1.54) is 0 Å². The van der Waals surface area contributed by atoms with Gasteiger partial charge in [0.1, 0.15) is 6.04 Å². The van der Waals surface area contributed by atoms with Gasteiger partial charge < -0.3 is 15.6 Å². The van der Waals surface area contributed by atoms with Crippen molar-refractivity contribution in [2.45, 2.75) is 44.8 Å². The summed E-state index contributed by atoms with van der Waals surface area (Å²) in [6, 6.07) is -0.451. The van der Waals surface area contributed by atoms with Crippen LogP contribution in [-0.2, 0) is 9.53 Å². The third-order valence-electron chi connectivity index (χ3n) is 3.13. The number of carboxylic acid groups (broad SMARTS) is 1. The first kappa shape index (κ1) is 14.4. The zero-order valence-electron chi connectivity index (χ0n) is 10.6. The van der Waals surface area contributed by atoms with Crippen LogP contribution in [0.2, 0.25) is 0 Å². The SMILES string of the molecule is CCCOC1CCCN(C(CCN)C(=O)O)C1. The van der Waals surface area contributed by atoms with Crippen molar-refractivity contribution in [3.05, 3.63) is 0 Å². The highest BCUT2D eigenvalue weighted by Crippen LogP contribution is 2.17. The first-order valence-corrected chi connectivity index (χ1v) is 6.47. The summed E-state index contributed by atoms with van der Waals surface area (Å²) in [5.74, 6) is -0.772. The molecule has 0 saturated carbocycles. The molecule has 0 amide bonds. The van der Waals surface area contributed by atoms with Crippen LogP contribution in [-0.4, -0.2) is 54.4 Å². The number of hydrogen-bond donors (Lipinski definition) is 2. The Bertz CT molecular complexity index is 236. The Morgan fingerprint density at radius 1 is 1.65 bits per heavy atom. The minimum absolute atomic E-state index is 0.184. The molecule has 17 heavy (non-hydrogen) atoms. The Morgan fingerprint density at radius 3 is 3.00 bits per heavy atom. The van der Waals surface area contributed by atoms with Crippen LogP contribution in [0.15, 0.2) is 0 Å². The number of aliphatic carboxylic acids is 1. The van der Waals surface area contributed by atoms with Crippen molar-refractivity contribution in [3.63, 3.8) is 0 Å². The van der Waals surface area contributed by atoms with E-state index in [9.17, 15) is 9.90 Å². The molecule has 0 aromatic carbocycles. The number of nitrogens with two attached hydrogens (primary N) is 1. The normalized spacial score (nSPS) is 23.5. The van der Waals surface area contributed by atoms with Crippen LogP contribution >= 0.6 is 0 Å². The second kappa shape index (κ2) is 7.63. The second-order valence-electron chi connectivity index (χ2n) is 4.56. The van der Waals surface area contributed by atoms with Gasteiger partial charge >= 0.3 is 5.97 Å². The van der Waals surface area contributed by atoms with E-state index in [2.05, 4.69) is 6.92 Å². The van der Waals surface area contributed by atoms with Crippen LogP contribution in [0.25, 0.3) is 0 Å². The summed E-state index contributed by atoms with van der Waals surface area (Å²) in [4.78, 5) is 13.2. The van der Waals surface area contributed by atoms with Crippen LogP contribution < -0.4 is 5.73 Å². The van der Waals surface area contributed by atoms with E-state index in [1.807, 2.05) is 4.90 Å². The van der Waals surface area contributed by atoms with Gasteiger partial charge in [0, 0.05) is 13.2 Å². The summed E-state index contributed by atoms with van der Waals surface area (Å²) in [6.07, 6.45) is 3.73. The summed E-state index contributed by atoms with van der Waals surface area (Å²) < 4.78 is 5.70. The lowest BCUT2D eigenvalue weighted by Gasteiger charge is -2.36. The Morgan fingerprint density at radius 2 is 2.41 bits per heavy atom. The second-order valence-corrected chi connectivity index (χ2v) is 4.56. The third kappa shape index (κ3) is 4.61. The molecule has 0 radical (unpaired) electrons. The predicted octanol–water partition coefficient (Wildman–Crippen LogP) is 0.679. The molecule has 1 heterocycles. The van der Waals surface area contributed by atoms with Gasteiger partial charge in [0.2, 0.25) is 0 Å². The van der Waals surface area contributed by atoms with Crippen LogP contribution in [0.3, 0.4) is 0 Å². The minimum atomic E-state index is -0.772. The molecule has 5 heteroatoms. The molecule has 3 N–H and O–H groups in total. The van der Waals surface area contributed by atoms with Crippen LogP contribution in [0.5, 0.6) is 0 Å². The molecule has 2 unspecified atom stereocenters. The predicted molar refractivity (Wildman–Crippen MR) is 65.9 cm³/mol. The maximum Gasteiger partial charge on any atom is 0.320 e. The lowest BCUT2D eigenvalue weighted by atomic mass is 10.0. The maximum atomic E-state index is 11.2. The first-order valence-electron chi connectivity index (χ1n) is 6.47. The van der Waals surface area contributed by atoms with E-state index in [0.29, 0.717) is 13.0 Å². The van der Waals surface area contributed by atoms with Crippen molar-refractivity contribution in [1.29, 1.82) is 0 Å². The van der Waals surface area contributed by atoms with E-state index < -0.39 is 12.0 Å². The average Bonchev–Trinajstić information content (AvgIpc) is 2.33. The van der Waals surface area contributed by atoms with Gasteiger partial charge in [-0.25, -0.2) is 0 Å². The molecule has 1 aliphatic heterocycles. The molecule has 0 bridgehead atoms. The smallest absolute Gasteiger partial charge is 0.320 e. The van der Waals surface area contributed by atoms with Crippen LogP contribution in [0, 0.1) is 0 Å². The standard InChI is InChI=1S/C12H24N2O3/c1-2-8-17-10-4-3-7-14(9-10)11(5-6-13)12(15)16/h10-11H,2-9,13H2,1H3,(H,15,16). The Balaban J connectivity index is 2.48. The molecule has 0 aromatic rings. The molecule has 100 valence electrons. The molecule has 1 rings (SSSR count). The number of nitrogens with zero attached hydrogens (tertiary/aromatic N) is 1. The summed E-state index contributed by atoms with van der Waals surface area (Å²) in [6.45, 7) is 4.80. The number of ether oxygens (including phenoxy) is 1. The van der Waals surface area contributed by atoms with Gasteiger partial charge in [-0.15, -0.1) is 0 Å². The molecule has 2 atom stereocenters. The van der Waals surface area contributed by atoms with E-state index in [-0.39, 0.29) is 6.10 Å². The van der Waals surface area contributed by atoms with E-state index in [4.69, 9.17) is 10.5 Å². The number of likely N-dealkylation sites (tertiary alicyclic amines) is 1. The highest BCUT2D eigenvalue weighted by molar-refractivity contribution is 5.73. The number of carbonyl (C=O) groups is 1. The number of carboxylic acids is 1. The molecule has 0 aliphatic carbocycles. The zero-order valence-corrected chi connectivity index (χ0v) is 10.6. The van der Waals surface area contributed by atoms with Crippen molar-refractivity contribution >= 4 is 5.97 Å². The minimum Gasteiger partial charge on any atom is -0.480 e. The summed E-state index contributed by atoms with van der Waals surface area (Å²) in [7, 11) is 0. The fourth-order valence-corrected chi connectivity index (χ4v) is 2.29. The monoisotopic (exact) mass is 244 g/mol. The Kier molecular flexibility index (Phi) is 6.47. The fraction of sp³-hybridized carbons (Fsp3) is 0.917. The van der Waals surface area contributed by atoms with Gasteiger partial charge in [-0.05, 0) is 38.8 Å². The van der Waals surface area contributed by atoms with E-state index in [1.54, 1.807) is 0 Å². The largest absolute Gasteiger partial charge is 0.480 e. The van der Waals surface area contributed by atoms with Gasteiger partial charge in [0.15, 0.2) is 0 Å². The lowest BCUT2D eigenvalue weighted by molar-refractivity contribution is -0.145. The van der Waals surface area contributed by atoms with Gasteiger partial charge in [-0.1, -0.05) is 6.92 Å². The third-order valence-corrected chi connectivity index (χ3v) is 3.13. The first-order chi connectivity index (χ1) is 8.19. The molecule has 5 nitrogen and oxygen atoms in total. The average molecular weight is 244 g/mol. The number of rotatable bonds is 7. The summed E-state index contributed by atoms with van der Waals surface area (Å²) >= 11 is 0. The molecule has 1 aliphatic rings. The maximum absolute atomic E-state index is 11.2. The Hall–Kier alpha value is -0.650. The van der Waals surface area contributed by atoms with Crippen molar-refractivity contribution in [3.8, 4) is 0 Å².